The highest BCUT2D eigenvalue weighted by Gasteiger charge is 2.22. The molecule has 5 heteroatoms. The summed E-state index contributed by atoms with van der Waals surface area (Å²) in [5.74, 6) is 0. The van der Waals surface area contributed by atoms with Gasteiger partial charge in [0.25, 0.3) is 0 Å². The van der Waals surface area contributed by atoms with Gasteiger partial charge in [0, 0.05) is 16.2 Å². The number of hydrogen-bond acceptors (Lipinski definition) is 3. The fourth-order valence-electron chi connectivity index (χ4n) is 1.38. The zero-order chi connectivity index (χ0) is 13.6. The Morgan fingerprint density at radius 1 is 1.44 bits per heavy atom. The molecule has 1 aromatic carbocycles. The summed E-state index contributed by atoms with van der Waals surface area (Å²) in [7, 11) is 0. The molecule has 1 aromatic rings. The Balaban J connectivity index is 2.47. The summed E-state index contributed by atoms with van der Waals surface area (Å²) in [6.07, 6.45) is 0.996. The number of hydrogen-bond donors (Lipinski definition) is 2. The summed E-state index contributed by atoms with van der Waals surface area (Å²) in [5, 5.41) is 3.16. The molecule has 4 nitrogen and oxygen atoms in total. The van der Waals surface area contributed by atoms with Crippen molar-refractivity contribution >= 4 is 23.4 Å². The van der Waals surface area contributed by atoms with Gasteiger partial charge in [-0.25, -0.2) is 4.79 Å². The Hall–Kier alpha value is -1.26. The molecule has 0 aliphatic rings. The van der Waals surface area contributed by atoms with Crippen LogP contribution in [0.25, 0.3) is 0 Å². The van der Waals surface area contributed by atoms with Crippen LogP contribution in [0.2, 0.25) is 5.02 Å². The molecule has 0 aliphatic heterocycles. The van der Waals surface area contributed by atoms with Crippen molar-refractivity contribution in [2.24, 2.45) is 5.73 Å². The van der Waals surface area contributed by atoms with Crippen LogP contribution in [0.5, 0.6) is 0 Å². The standard InChI is InChI=1S/C13H19ClN2O2/c1-3-13(15,4-2)9-18-12(17)16-11-7-5-6-10(14)8-11/h5-8H,3-4,9,15H2,1-2H3,(H,16,17). The summed E-state index contributed by atoms with van der Waals surface area (Å²) in [6.45, 7) is 4.15. The zero-order valence-corrected chi connectivity index (χ0v) is 11.5. The van der Waals surface area contributed by atoms with Crippen LogP contribution in [0.15, 0.2) is 24.3 Å². The first-order chi connectivity index (χ1) is 8.49. The summed E-state index contributed by atoms with van der Waals surface area (Å²) in [6, 6.07) is 6.88. The van der Waals surface area contributed by atoms with Gasteiger partial charge in [-0.3, -0.25) is 5.32 Å². The second kappa shape index (κ2) is 6.61. The minimum absolute atomic E-state index is 0.201. The summed E-state index contributed by atoms with van der Waals surface area (Å²) < 4.78 is 5.11. The molecule has 0 aromatic heterocycles. The van der Waals surface area contributed by atoms with E-state index in [0.717, 1.165) is 12.8 Å². The van der Waals surface area contributed by atoms with Crippen LogP contribution in [0.3, 0.4) is 0 Å². The molecule has 0 aliphatic carbocycles. The lowest BCUT2D eigenvalue weighted by atomic mass is 9.96. The lowest BCUT2D eigenvalue weighted by Gasteiger charge is -2.25. The van der Waals surface area contributed by atoms with Crippen LogP contribution in [0.1, 0.15) is 26.7 Å². The molecule has 0 fully saturated rings. The lowest BCUT2D eigenvalue weighted by molar-refractivity contribution is 0.125. The molecule has 0 heterocycles. The van der Waals surface area contributed by atoms with E-state index in [1.165, 1.54) is 0 Å². The first kappa shape index (κ1) is 14.8. The van der Waals surface area contributed by atoms with E-state index in [4.69, 9.17) is 22.1 Å². The van der Waals surface area contributed by atoms with Crippen molar-refractivity contribution in [1.82, 2.24) is 0 Å². The normalized spacial score (nSPS) is 11.1. The number of ether oxygens (including phenoxy) is 1. The van der Waals surface area contributed by atoms with E-state index < -0.39 is 11.6 Å². The molecular weight excluding hydrogens is 252 g/mol. The quantitative estimate of drug-likeness (QED) is 0.862. The van der Waals surface area contributed by atoms with Gasteiger partial charge in [-0.2, -0.15) is 0 Å². The van der Waals surface area contributed by atoms with Gasteiger partial charge in [0.1, 0.15) is 6.61 Å². The van der Waals surface area contributed by atoms with Crippen LogP contribution in [-0.4, -0.2) is 18.2 Å². The number of benzene rings is 1. The van der Waals surface area contributed by atoms with E-state index in [1.54, 1.807) is 24.3 Å². The second-order valence-electron chi connectivity index (χ2n) is 4.28. The molecule has 100 valence electrons. The molecule has 3 N–H and O–H groups in total. The maximum absolute atomic E-state index is 11.6. The van der Waals surface area contributed by atoms with Gasteiger partial charge in [0.2, 0.25) is 0 Å². The van der Waals surface area contributed by atoms with E-state index in [1.807, 2.05) is 13.8 Å². The Kier molecular flexibility index (Phi) is 5.44. The Labute approximate surface area is 112 Å². The first-order valence-corrected chi connectivity index (χ1v) is 6.35. The number of rotatable bonds is 5. The first-order valence-electron chi connectivity index (χ1n) is 5.97. The zero-order valence-electron chi connectivity index (χ0n) is 10.7. The predicted octanol–water partition coefficient (Wildman–Crippen LogP) is 3.41. The minimum atomic E-state index is -0.519. The van der Waals surface area contributed by atoms with Crippen molar-refractivity contribution in [1.29, 1.82) is 0 Å². The molecule has 0 bridgehead atoms. The molecule has 18 heavy (non-hydrogen) atoms. The number of anilines is 1. The van der Waals surface area contributed by atoms with Crippen molar-refractivity contribution < 1.29 is 9.53 Å². The van der Waals surface area contributed by atoms with Gasteiger partial charge < -0.3 is 10.5 Å². The Morgan fingerprint density at radius 3 is 2.67 bits per heavy atom. The molecular formula is C13H19ClN2O2. The smallest absolute Gasteiger partial charge is 0.411 e. The molecule has 0 unspecified atom stereocenters. The van der Waals surface area contributed by atoms with E-state index in [0.29, 0.717) is 10.7 Å². The van der Waals surface area contributed by atoms with Crippen molar-refractivity contribution in [3.05, 3.63) is 29.3 Å². The van der Waals surface area contributed by atoms with E-state index in [-0.39, 0.29) is 6.61 Å². The maximum Gasteiger partial charge on any atom is 0.411 e. The average molecular weight is 271 g/mol. The van der Waals surface area contributed by atoms with Crippen molar-refractivity contribution in [3.8, 4) is 0 Å². The van der Waals surface area contributed by atoms with Gasteiger partial charge in [0.15, 0.2) is 0 Å². The summed E-state index contributed by atoms with van der Waals surface area (Å²) >= 11 is 5.81. The van der Waals surface area contributed by atoms with Crippen LogP contribution < -0.4 is 11.1 Å². The lowest BCUT2D eigenvalue weighted by Crippen LogP contribution is -2.44. The highest BCUT2D eigenvalue weighted by Crippen LogP contribution is 2.16. The van der Waals surface area contributed by atoms with Crippen LogP contribution >= 0.6 is 11.6 Å². The largest absolute Gasteiger partial charge is 0.447 e. The van der Waals surface area contributed by atoms with Gasteiger partial charge >= 0.3 is 6.09 Å². The molecule has 1 rings (SSSR count). The van der Waals surface area contributed by atoms with Crippen LogP contribution in [0.4, 0.5) is 10.5 Å². The highest BCUT2D eigenvalue weighted by atomic mass is 35.5. The molecule has 0 saturated heterocycles. The Morgan fingerprint density at radius 2 is 2.11 bits per heavy atom. The molecule has 0 atom stereocenters. The average Bonchev–Trinajstić information content (AvgIpc) is 2.36. The van der Waals surface area contributed by atoms with Gasteiger partial charge in [0.05, 0.1) is 0 Å². The molecule has 0 spiro atoms. The van der Waals surface area contributed by atoms with Gasteiger partial charge in [-0.1, -0.05) is 31.5 Å². The number of nitrogens with two attached hydrogens (primary N) is 1. The molecule has 1 amide bonds. The van der Waals surface area contributed by atoms with Crippen molar-refractivity contribution in [2.75, 3.05) is 11.9 Å². The molecule has 0 saturated carbocycles. The number of halogens is 1. The number of carbonyl (C=O) groups is 1. The number of nitrogens with one attached hydrogen (secondary N) is 1. The van der Waals surface area contributed by atoms with Gasteiger partial charge in [-0.15, -0.1) is 0 Å². The fourth-order valence-corrected chi connectivity index (χ4v) is 1.57. The Bertz CT molecular complexity index is 406. The summed E-state index contributed by atoms with van der Waals surface area (Å²) in [5.41, 5.74) is 6.18. The van der Waals surface area contributed by atoms with Crippen LogP contribution in [0, 0.1) is 0 Å². The fraction of sp³-hybridized carbons (Fsp3) is 0.462. The van der Waals surface area contributed by atoms with Crippen molar-refractivity contribution in [3.63, 3.8) is 0 Å². The summed E-state index contributed by atoms with van der Waals surface area (Å²) in [4.78, 5) is 11.6. The number of amides is 1. The van der Waals surface area contributed by atoms with E-state index in [9.17, 15) is 4.79 Å². The van der Waals surface area contributed by atoms with Crippen LogP contribution in [-0.2, 0) is 4.74 Å². The third-order valence-electron chi connectivity index (χ3n) is 2.97. The van der Waals surface area contributed by atoms with Crippen molar-refractivity contribution in [2.45, 2.75) is 32.2 Å². The minimum Gasteiger partial charge on any atom is -0.447 e. The highest BCUT2D eigenvalue weighted by molar-refractivity contribution is 6.30. The van der Waals surface area contributed by atoms with E-state index in [2.05, 4.69) is 5.32 Å². The van der Waals surface area contributed by atoms with E-state index >= 15 is 0 Å². The monoisotopic (exact) mass is 270 g/mol. The second-order valence-corrected chi connectivity index (χ2v) is 4.72. The SMILES string of the molecule is CCC(N)(CC)COC(=O)Nc1cccc(Cl)c1. The van der Waals surface area contributed by atoms with Gasteiger partial charge in [-0.05, 0) is 31.0 Å². The molecule has 0 radical (unpaired) electrons. The third-order valence-corrected chi connectivity index (χ3v) is 3.21. The number of carbonyl (C=O) groups excluding carboxylic acids is 1. The topological polar surface area (TPSA) is 64.3 Å². The third kappa shape index (κ3) is 4.55. The maximum atomic E-state index is 11.6. The predicted molar refractivity (Wildman–Crippen MR) is 73.9 cm³/mol.